The van der Waals surface area contributed by atoms with E-state index in [9.17, 15) is 38.2 Å². The average molecular weight is 510 g/mol. The minimum Gasteiger partial charge on any atom is -0.387 e. The van der Waals surface area contributed by atoms with Gasteiger partial charge in [0.2, 0.25) is 0 Å². The highest BCUT2D eigenvalue weighted by Crippen LogP contribution is 2.66. The van der Waals surface area contributed by atoms with Crippen LogP contribution >= 0.6 is 23.5 Å². The highest BCUT2D eigenvalue weighted by molar-refractivity contribution is 7.66. The second kappa shape index (κ2) is 8.08. The summed E-state index contributed by atoms with van der Waals surface area (Å²) < 4.78 is 57.9. The van der Waals surface area contributed by atoms with Gasteiger partial charge >= 0.3 is 29.2 Å². The fourth-order valence-corrected chi connectivity index (χ4v) is 6.25. The summed E-state index contributed by atoms with van der Waals surface area (Å²) in [6.07, 6.45) is -3.88. The van der Waals surface area contributed by atoms with E-state index < -0.39 is 71.5 Å². The Morgan fingerprint density at radius 2 is 1.81 bits per heavy atom. The molecule has 176 valence electrons. The molecule has 0 aliphatic carbocycles. The zero-order valence-corrected chi connectivity index (χ0v) is 18.0. The second-order valence-corrected chi connectivity index (χ2v) is 11.0. The van der Waals surface area contributed by atoms with Crippen molar-refractivity contribution < 1.29 is 61.0 Å². The molecule has 0 saturated carbocycles. The monoisotopic (exact) mass is 510 g/mol. The molecule has 2 aliphatic heterocycles. The number of aromatic nitrogens is 2. The summed E-state index contributed by atoms with van der Waals surface area (Å²) in [5.74, 6) is 0. The van der Waals surface area contributed by atoms with Crippen molar-refractivity contribution in [3.63, 3.8) is 0 Å². The SMILES string of the molecule is C[C@H]1O[C@H]2[C@H](n3ccc(=O)[nH]c3=O)O[C@]1(COP(=O)(O)OP(=O)(O)OP(=O)(O)O)[C@H]2O. The predicted octanol–water partition coefficient (Wildman–Crippen LogP) is -1.70. The van der Waals surface area contributed by atoms with E-state index in [1.807, 2.05) is 4.98 Å². The van der Waals surface area contributed by atoms with Gasteiger partial charge in [0, 0.05) is 12.3 Å². The van der Waals surface area contributed by atoms with Crippen molar-refractivity contribution in [3.05, 3.63) is 33.1 Å². The Morgan fingerprint density at radius 1 is 1.16 bits per heavy atom. The number of ether oxygens (including phenoxy) is 2. The third-order valence-electron chi connectivity index (χ3n) is 4.48. The summed E-state index contributed by atoms with van der Waals surface area (Å²) in [4.78, 5) is 61.1. The van der Waals surface area contributed by atoms with E-state index >= 15 is 0 Å². The van der Waals surface area contributed by atoms with Crippen LogP contribution in [-0.4, -0.2) is 64.8 Å². The number of aliphatic hydroxyl groups is 1. The fourth-order valence-electron chi connectivity index (χ4n) is 3.19. The number of nitrogens with one attached hydrogen (secondary N) is 1. The normalized spacial score (nSPS) is 34.4. The Balaban J connectivity index is 1.78. The maximum atomic E-state index is 12.0. The third-order valence-corrected chi connectivity index (χ3v) is 8.26. The van der Waals surface area contributed by atoms with Crippen LogP contribution in [0.5, 0.6) is 0 Å². The smallest absolute Gasteiger partial charge is 0.387 e. The Labute approximate surface area is 171 Å². The van der Waals surface area contributed by atoms with E-state index in [-0.39, 0.29) is 0 Å². The van der Waals surface area contributed by atoms with E-state index in [1.165, 1.54) is 6.92 Å². The summed E-state index contributed by atoms with van der Waals surface area (Å²) in [6.45, 7) is 0.416. The zero-order chi connectivity index (χ0) is 23.4. The number of aliphatic hydroxyl groups excluding tert-OH is 1. The van der Waals surface area contributed by atoms with Gasteiger partial charge in [-0.25, -0.2) is 18.5 Å². The number of phosphoric acid groups is 3. The highest BCUT2D eigenvalue weighted by atomic mass is 31.3. The molecule has 6 N–H and O–H groups in total. The van der Waals surface area contributed by atoms with Gasteiger partial charge in [-0.1, -0.05) is 0 Å². The summed E-state index contributed by atoms with van der Waals surface area (Å²) in [6, 6.07) is 1.01. The van der Waals surface area contributed by atoms with E-state index in [0.717, 1.165) is 16.8 Å². The van der Waals surface area contributed by atoms with Gasteiger partial charge in [-0.15, -0.1) is 0 Å². The minimum absolute atomic E-state index is 0.693. The maximum absolute atomic E-state index is 12.0. The molecular weight excluding hydrogens is 493 g/mol. The first-order valence-corrected chi connectivity index (χ1v) is 12.7. The van der Waals surface area contributed by atoms with Crippen LogP contribution in [0.4, 0.5) is 0 Å². The molecule has 2 aliphatic rings. The zero-order valence-electron chi connectivity index (χ0n) is 15.3. The van der Waals surface area contributed by atoms with E-state index in [2.05, 4.69) is 13.1 Å². The largest absolute Gasteiger partial charge is 0.490 e. The van der Waals surface area contributed by atoms with E-state index in [4.69, 9.17) is 19.3 Å². The van der Waals surface area contributed by atoms with Crippen LogP contribution < -0.4 is 11.2 Å². The molecule has 0 amide bonds. The molecule has 2 saturated heterocycles. The lowest BCUT2D eigenvalue weighted by Crippen LogP contribution is -2.50. The first-order valence-electron chi connectivity index (χ1n) is 8.16. The van der Waals surface area contributed by atoms with Gasteiger partial charge < -0.3 is 34.2 Å². The number of hydrogen-bond acceptors (Lipinski definition) is 11. The Hall–Kier alpha value is -1.03. The highest BCUT2D eigenvalue weighted by Gasteiger charge is 2.66. The van der Waals surface area contributed by atoms with E-state index in [1.54, 1.807) is 0 Å². The fraction of sp³-hybridized carbons (Fsp3) is 0.636. The predicted molar refractivity (Wildman–Crippen MR) is 94.3 cm³/mol. The molecular formula is C11H17N2O15P3. The number of phosphoric ester groups is 1. The molecule has 2 unspecified atom stereocenters. The quantitative estimate of drug-likeness (QED) is 0.213. The summed E-state index contributed by atoms with van der Waals surface area (Å²) >= 11 is 0. The standard InChI is InChI=1S/C11H17N2O15P3/c1-5-11(4-24-30(20,21)28-31(22,23)27-29(17,18)19)8(15)7(25-5)9(26-11)13-3-2-6(14)12-10(13)16/h2-3,5,7-9,15H,4H2,1H3,(H,20,21)(H,22,23)(H,12,14,16)(H2,17,18,19)/t5-,7-,8+,9-,11+/m1/s1. The number of aromatic amines is 1. The lowest BCUT2D eigenvalue weighted by Gasteiger charge is -2.35. The third kappa shape index (κ3) is 5.15. The molecule has 31 heavy (non-hydrogen) atoms. The molecule has 2 fully saturated rings. The Morgan fingerprint density at radius 3 is 2.39 bits per heavy atom. The molecule has 3 heterocycles. The van der Waals surface area contributed by atoms with Gasteiger partial charge in [0.1, 0.15) is 17.8 Å². The molecule has 3 rings (SSSR count). The van der Waals surface area contributed by atoms with Gasteiger partial charge in [-0.3, -0.25) is 18.9 Å². The molecule has 20 heteroatoms. The lowest BCUT2D eigenvalue weighted by atomic mass is 9.94. The number of rotatable bonds is 8. The van der Waals surface area contributed by atoms with Gasteiger partial charge in [-0.05, 0) is 6.92 Å². The molecule has 17 nitrogen and oxygen atoms in total. The van der Waals surface area contributed by atoms with Crippen molar-refractivity contribution in [3.8, 4) is 0 Å². The Kier molecular flexibility index (Phi) is 6.41. The number of H-pyrrole nitrogens is 1. The molecule has 0 radical (unpaired) electrons. The summed E-state index contributed by atoms with van der Waals surface area (Å²) in [5.41, 5.74) is -3.45. The van der Waals surface area contributed by atoms with Crippen molar-refractivity contribution >= 4 is 23.5 Å². The van der Waals surface area contributed by atoms with Crippen LogP contribution in [0.25, 0.3) is 0 Å². The van der Waals surface area contributed by atoms with Gasteiger partial charge in [-0.2, -0.15) is 8.62 Å². The average Bonchev–Trinajstić information content (AvgIpc) is 2.96. The van der Waals surface area contributed by atoms with Crippen LogP contribution in [0.15, 0.2) is 21.9 Å². The Bertz CT molecular complexity index is 1110. The number of fused-ring (bicyclic) bond motifs is 2. The second-order valence-electron chi connectivity index (χ2n) is 6.53. The summed E-state index contributed by atoms with van der Waals surface area (Å²) in [7, 11) is -16.8. The van der Waals surface area contributed by atoms with Crippen molar-refractivity contribution in [1.29, 1.82) is 0 Å². The number of nitrogens with zero attached hydrogens (tertiary/aromatic N) is 1. The minimum atomic E-state index is -5.73. The van der Waals surface area contributed by atoms with Crippen molar-refractivity contribution in [2.24, 2.45) is 0 Å². The topological polar surface area (TPSA) is 253 Å². The van der Waals surface area contributed by atoms with Crippen LogP contribution in [0.3, 0.4) is 0 Å². The first-order chi connectivity index (χ1) is 14.1. The van der Waals surface area contributed by atoms with Gasteiger partial charge in [0.15, 0.2) is 6.23 Å². The molecule has 0 spiro atoms. The molecule has 2 bridgehead atoms. The van der Waals surface area contributed by atoms with Crippen LogP contribution in [0, 0.1) is 0 Å². The first kappa shape index (κ1) is 24.6. The van der Waals surface area contributed by atoms with Gasteiger partial charge in [0.25, 0.3) is 5.56 Å². The van der Waals surface area contributed by atoms with Crippen molar-refractivity contribution in [2.45, 2.75) is 37.1 Å². The molecule has 1 aromatic rings. The van der Waals surface area contributed by atoms with Crippen LogP contribution in [-0.2, 0) is 36.3 Å². The molecule has 7 atom stereocenters. The molecule has 0 aromatic carbocycles. The van der Waals surface area contributed by atoms with Crippen molar-refractivity contribution in [1.82, 2.24) is 9.55 Å². The van der Waals surface area contributed by atoms with Crippen molar-refractivity contribution in [2.75, 3.05) is 6.61 Å². The maximum Gasteiger partial charge on any atom is 0.490 e. The lowest BCUT2D eigenvalue weighted by molar-refractivity contribution is -0.217. The van der Waals surface area contributed by atoms with Gasteiger partial charge in [0.05, 0.1) is 12.7 Å². The molecule has 1 aromatic heterocycles. The number of hydrogen-bond donors (Lipinski definition) is 6. The summed E-state index contributed by atoms with van der Waals surface area (Å²) in [5, 5.41) is 10.5. The van der Waals surface area contributed by atoms with Crippen LogP contribution in [0.2, 0.25) is 0 Å². The van der Waals surface area contributed by atoms with Crippen LogP contribution in [0.1, 0.15) is 13.2 Å². The van der Waals surface area contributed by atoms with E-state index in [0.29, 0.717) is 0 Å².